The molecular formula is C12H8F18. The van der Waals surface area contributed by atoms with Crippen molar-refractivity contribution in [1.29, 1.82) is 0 Å². The Labute approximate surface area is 154 Å². The highest BCUT2D eigenvalue weighted by molar-refractivity contribution is 5.12. The largest absolute Gasteiger partial charge is 0.459 e. The van der Waals surface area contributed by atoms with Crippen molar-refractivity contribution in [1.82, 2.24) is 0 Å². The Kier molecular flexibility index (Phi) is 6.83. The normalized spacial score (nSPS) is 18.4. The van der Waals surface area contributed by atoms with Crippen LogP contribution in [0.15, 0.2) is 0 Å². The summed E-state index contributed by atoms with van der Waals surface area (Å²) in [5, 5.41) is 0. The predicted octanol–water partition coefficient (Wildman–Crippen LogP) is 7.20. The average molecular weight is 494 g/mol. The van der Waals surface area contributed by atoms with Gasteiger partial charge in [0.05, 0.1) is 0 Å². The van der Waals surface area contributed by atoms with E-state index in [1.165, 1.54) is 0 Å². The summed E-state index contributed by atoms with van der Waals surface area (Å²) in [6, 6.07) is 0. The molecule has 0 radical (unpaired) electrons. The summed E-state index contributed by atoms with van der Waals surface area (Å²) in [7, 11) is 0. The fraction of sp³-hybridized carbons (Fsp3) is 1.00. The first kappa shape index (κ1) is 28.7. The number of halogens is 18. The summed E-state index contributed by atoms with van der Waals surface area (Å²) in [4.78, 5) is 0. The highest BCUT2D eigenvalue weighted by atomic mass is 19.4. The van der Waals surface area contributed by atoms with Gasteiger partial charge < -0.3 is 0 Å². The van der Waals surface area contributed by atoms with Crippen LogP contribution in [0.2, 0.25) is 0 Å². The van der Waals surface area contributed by atoms with Crippen molar-refractivity contribution in [3.05, 3.63) is 0 Å². The van der Waals surface area contributed by atoms with Crippen LogP contribution < -0.4 is 0 Å². The number of hydrogen-bond acceptors (Lipinski definition) is 0. The van der Waals surface area contributed by atoms with Gasteiger partial charge in [0.25, 0.3) is 0 Å². The molecule has 0 rings (SSSR count). The lowest BCUT2D eigenvalue weighted by molar-refractivity contribution is -0.412. The highest BCUT2D eigenvalue weighted by Gasteiger charge is 2.85. The van der Waals surface area contributed by atoms with Crippen LogP contribution in [0.5, 0.6) is 0 Å². The molecular weight excluding hydrogens is 486 g/mol. The van der Waals surface area contributed by atoms with Crippen LogP contribution in [0.4, 0.5) is 79.0 Å². The third-order valence-corrected chi connectivity index (χ3v) is 4.04. The maximum Gasteiger partial charge on any atom is 0.459 e. The standard InChI is InChI=1S/C12H8F18/c1-5(2,4(13)6(14,10(22,23)24)11(25,26)27)3(8(17,18)19)7(15,16)9(20,21)12(28,29)30/h3-4H,1-2H3. The maximum absolute atomic E-state index is 14.0. The lowest BCUT2D eigenvalue weighted by Gasteiger charge is -2.47. The second-order valence-corrected chi connectivity index (χ2v) is 6.56. The molecule has 0 N–H and O–H groups in total. The number of rotatable bonds is 5. The Balaban J connectivity index is 7.05. The summed E-state index contributed by atoms with van der Waals surface area (Å²) in [6.45, 7) is -1.86. The second kappa shape index (κ2) is 7.13. The lowest BCUT2D eigenvalue weighted by Crippen LogP contribution is -2.69. The average Bonchev–Trinajstić information content (AvgIpc) is 2.38. The van der Waals surface area contributed by atoms with E-state index < -0.39 is 73.6 Å². The van der Waals surface area contributed by atoms with E-state index in [9.17, 15) is 79.0 Å². The molecule has 0 saturated carbocycles. The minimum Gasteiger partial charge on any atom is -0.243 e. The first-order chi connectivity index (χ1) is 12.5. The molecule has 0 aliphatic carbocycles. The molecule has 2 unspecified atom stereocenters. The molecule has 0 spiro atoms. The Morgan fingerprint density at radius 3 is 1.00 bits per heavy atom. The van der Waals surface area contributed by atoms with E-state index >= 15 is 0 Å². The van der Waals surface area contributed by atoms with Crippen LogP contribution in [0.3, 0.4) is 0 Å². The van der Waals surface area contributed by atoms with Gasteiger partial charge >= 0.3 is 42.2 Å². The monoisotopic (exact) mass is 494 g/mol. The van der Waals surface area contributed by atoms with E-state index in [4.69, 9.17) is 0 Å². The molecule has 182 valence electrons. The molecule has 0 heterocycles. The van der Waals surface area contributed by atoms with Gasteiger partial charge in [-0.3, -0.25) is 0 Å². The van der Waals surface area contributed by atoms with Gasteiger partial charge in [0.1, 0.15) is 5.92 Å². The van der Waals surface area contributed by atoms with E-state index in [2.05, 4.69) is 0 Å². The number of alkyl halides is 18. The van der Waals surface area contributed by atoms with E-state index in [0.717, 1.165) is 0 Å². The predicted molar refractivity (Wildman–Crippen MR) is 60.1 cm³/mol. The third kappa shape index (κ3) is 4.23. The van der Waals surface area contributed by atoms with Crippen LogP contribution in [0, 0.1) is 11.3 Å². The molecule has 2 atom stereocenters. The molecule has 18 heteroatoms. The Morgan fingerprint density at radius 1 is 0.500 bits per heavy atom. The van der Waals surface area contributed by atoms with Crippen LogP contribution >= 0.6 is 0 Å². The van der Waals surface area contributed by atoms with Crippen LogP contribution in [0.25, 0.3) is 0 Å². The summed E-state index contributed by atoms with van der Waals surface area (Å²) in [6.07, 6.45) is -35.4. The van der Waals surface area contributed by atoms with Gasteiger partial charge in [0, 0.05) is 5.41 Å². The van der Waals surface area contributed by atoms with E-state index in [0.29, 0.717) is 0 Å². The van der Waals surface area contributed by atoms with Crippen molar-refractivity contribution in [3.8, 4) is 0 Å². The molecule has 0 aromatic carbocycles. The fourth-order valence-electron chi connectivity index (χ4n) is 2.57. The molecule has 0 saturated heterocycles. The molecule has 30 heavy (non-hydrogen) atoms. The Bertz CT molecular complexity index is 585. The quantitative estimate of drug-likeness (QED) is 0.355. The summed E-state index contributed by atoms with van der Waals surface area (Å²) >= 11 is 0. The van der Waals surface area contributed by atoms with Gasteiger partial charge in [-0.25, -0.2) is 8.78 Å². The Hall–Kier alpha value is -1.26. The van der Waals surface area contributed by atoms with Gasteiger partial charge in [-0.05, 0) is 0 Å². The molecule has 0 aliphatic heterocycles. The minimum atomic E-state index is -7.72. The van der Waals surface area contributed by atoms with Crippen LogP contribution in [-0.2, 0) is 0 Å². The van der Waals surface area contributed by atoms with Gasteiger partial charge in [-0.2, -0.15) is 70.2 Å². The number of hydrogen-bond donors (Lipinski definition) is 0. The van der Waals surface area contributed by atoms with E-state index in [-0.39, 0.29) is 0 Å². The van der Waals surface area contributed by atoms with Crippen molar-refractivity contribution < 1.29 is 79.0 Å². The second-order valence-electron chi connectivity index (χ2n) is 6.56. The zero-order chi connectivity index (χ0) is 25.2. The molecule has 0 aromatic heterocycles. The van der Waals surface area contributed by atoms with E-state index in [1.807, 2.05) is 0 Å². The van der Waals surface area contributed by atoms with Crippen molar-refractivity contribution in [2.75, 3.05) is 0 Å². The molecule has 0 aliphatic rings. The SMILES string of the molecule is CC(C)(C(C(F)(F)F)C(F)(F)C(F)(F)C(F)(F)F)C(F)C(F)(C(F)(F)F)C(F)(F)F. The van der Waals surface area contributed by atoms with Gasteiger partial charge in [-0.1, -0.05) is 13.8 Å². The fourth-order valence-corrected chi connectivity index (χ4v) is 2.57. The first-order valence-corrected chi connectivity index (χ1v) is 6.87. The summed E-state index contributed by atoms with van der Waals surface area (Å²) in [5.41, 5.74) is -12.5. The van der Waals surface area contributed by atoms with Gasteiger partial charge in [0.2, 0.25) is 0 Å². The topological polar surface area (TPSA) is 0 Å². The minimum absolute atomic E-state index is 0.929. The first-order valence-electron chi connectivity index (χ1n) is 6.87. The highest BCUT2D eigenvalue weighted by Crippen LogP contribution is 2.63. The maximum atomic E-state index is 14.0. The summed E-state index contributed by atoms with van der Waals surface area (Å²) < 4.78 is 232. The van der Waals surface area contributed by atoms with Crippen molar-refractivity contribution in [2.45, 2.75) is 62.2 Å². The Morgan fingerprint density at radius 2 is 0.800 bits per heavy atom. The molecule has 0 bridgehead atoms. The summed E-state index contributed by atoms with van der Waals surface area (Å²) in [5.74, 6) is -21.1. The lowest BCUT2D eigenvalue weighted by atomic mass is 9.66. The molecule has 0 nitrogen and oxygen atoms in total. The van der Waals surface area contributed by atoms with Gasteiger partial charge in [-0.15, -0.1) is 0 Å². The molecule has 0 amide bonds. The zero-order valence-corrected chi connectivity index (χ0v) is 14.0. The van der Waals surface area contributed by atoms with Crippen molar-refractivity contribution >= 4 is 0 Å². The van der Waals surface area contributed by atoms with Crippen LogP contribution in [0.1, 0.15) is 13.8 Å². The smallest absolute Gasteiger partial charge is 0.243 e. The van der Waals surface area contributed by atoms with Gasteiger partial charge in [0.15, 0.2) is 6.17 Å². The van der Waals surface area contributed by atoms with Crippen molar-refractivity contribution in [3.63, 3.8) is 0 Å². The van der Waals surface area contributed by atoms with Crippen molar-refractivity contribution in [2.24, 2.45) is 11.3 Å². The molecule has 0 aromatic rings. The van der Waals surface area contributed by atoms with E-state index in [1.54, 1.807) is 0 Å². The third-order valence-electron chi connectivity index (χ3n) is 4.04. The zero-order valence-electron chi connectivity index (χ0n) is 14.0. The van der Waals surface area contributed by atoms with Crippen LogP contribution in [-0.4, -0.2) is 48.4 Å². The molecule has 0 fully saturated rings.